The fraction of sp³-hybridized carbons (Fsp3) is 0.179. The number of aromatic nitrogens is 3. The summed E-state index contributed by atoms with van der Waals surface area (Å²) in [6, 6.07) is 14.1. The molecule has 0 unspecified atom stereocenters. The van der Waals surface area contributed by atoms with Crippen molar-refractivity contribution in [3.63, 3.8) is 0 Å². The predicted molar refractivity (Wildman–Crippen MR) is 131 cm³/mol. The monoisotopic (exact) mass is 486 g/mol. The number of ketones is 1. The highest BCUT2D eigenvalue weighted by Gasteiger charge is 2.31. The first-order valence-electron chi connectivity index (χ1n) is 11.4. The Morgan fingerprint density at radius 1 is 1.00 bits per heavy atom. The molecule has 2 aromatic carbocycles. The van der Waals surface area contributed by atoms with Gasteiger partial charge in [0.05, 0.1) is 17.0 Å². The predicted octanol–water partition coefficient (Wildman–Crippen LogP) is 6.14. The number of halogens is 3. The summed E-state index contributed by atoms with van der Waals surface area (Å²) < 4.78 is 39.2. The lowest BCUT2D eigenvalue weighted by Gasteiger charge is -2.13. The minimum atomic E-state index is -4.50. The fourth-order valence-corrected chi connectivity index (χ4v) is 4.28. The third kappa shape index (κ3) is 4.79. The first kappa shape index (κ1) is 23.5. The number of aryl methyl sites for hydroxylation is 1. The standard InChI is InChI=1S/C28H21F3N4O/c1-17-7-8-18(12-20(17)15-25(36)19-4-2-5-21(14-19)28(29,30)31)13-24-22(6-3-10-32-24)26-27-23(9-11-33-27)34-16-35-26/h2-8,10-12,14,16H,9,13,15H2,1H3. The van der Waals surface area contributed by atoms with E-state index in [1.807, 2.05) is 43.5 Å². The third-order valence-electron chi connectivity index (χ3n) is 6.20. The number of hydrogen-bond donors (Lipinski definition) is 0. The van der Waals surface area contributed by atoms with Crippen molar-refractivity contribution in [3.8, 4) is 11.3 Å². The lowest BCUT2D eigenvalue weighted by Crippen LogP contribution is -2.09. The van der Waals surface area contributed by atoms with Gasteiger partial charge < -0.3 is 0 Å². The zero-order valence-electron chi connectivity index (χ0n) is 19.4. The van der Waals surface area contributed by atoms with Gasteiger partial charge in [-0.1, -0.05) is 30.3 Å². The van der Waals surface area contributed by atoms with Crippen molar-refractivity contribution in [2.75, 3.05) is 0 Å². The highest BCUT2D eigenvalue weighted by molar-refractivity contribution is 5.97. The fourth-order valence-electron chi connectivity index (χ4n) is 4.28. The van der Waals surface area contributed by atoms with Crippen LogP contribution in [-0.4, -0.2) is 26.9 Å². The van der Waals surface area contributed by atoms with Crippen LogP contribution in [-0.2, 0) is 25.4 Å². The molecule has 0 saturated heterocycles. The Morgan fingerprint density at radius 3 is 2.69 bits per heavy atom. The smallest absolute Gasteiger partial charge is 0.294 e. The summed E-state index contributed by atoms with van der Waals surface area (Å²) in [5.74, 6) is -0.366. The number of Topliss-reactive ketones (excluding diaryl/α,β-unsaturated/α-hetero) is 1. The van der Waals surface area contributed by atoms with E-state index in [-0.39, 0.29) is 17.8 Å². The van der Waals surface area contributed by atoms with Crippen LogP contribution in [0.5, 0.6) is 0 Å². The van der Waals surface area contributed by atoms with E-state index in [1.54, 1.807) is 6.20 Å². The van der Waals surface area contributed by atoms with E-state index in [0.29, 0.717) is 12.8 Å². The van der Waals surface area contributed by atoms with Crippen molar-refractivity contribution in [1.82, 2.24) is 15.0 Å². The molecule has 5 rings (SSSR count). The molecule has 5 nitrogen and oxygen atoms in total. The zero-order chi connectivity index (χ0) is 25.3. The molecule has 0 N–H and O–H groups in total. The summed E-state index contributed by atoms with van der Waals surface area (Å²) in [6.07, 6.45) is 1.72. The summed E-state index contributed by atoms with van der Waals surface area (Å²) in [5, 5.41) is 0. The number of hydrogen-bond acceptors (Lipinski definition) is 5. The number of fused-ring (bicyclic) bond motifs is 1. The molecule has 0 amide bonds. The summed E-state index contributed by atoms with van der Waals surface area (Å²) >= 11 is 0. The van der Waals surface area contributed by atoms with E-state index in [9.17, 15) is 18.0 Å². The molecular formula is C28H21F3N4O. The Balaban J connectivity index is 1.42. The number of rotatable bonds is 6. The van der Waals surface area contributed by atoms with Crippen LogP contribution in [0.1, 0.15) is 44.0 Å². The van der Waals surface area contributed by atoms with Crippen LogP contribution in [0.25, 0.3) is 11.3 Å². The molecule has 0 bridgehead atoms. The maximum Gasteiger partial charge on any atom is 0.416 e. The molecule has 180 valence electrons. The molecule has 3 heterocycles. The van der Waals surface area contributed by atoms with Gasteiger partial charge in [0.2, 0.25) is 0 Å². The Hall–Kier alpha value is -4.20. The van der Waals surface area contributed by atoms with E-state index >= 15 is 0 Å². The molecule has 8 heteroatoms. The second-order valence-electron chi connectivity index (χ2n) is 8.65. The Morgan fingerprint density at radius 2 is 1.86 bits per heavy atom. The average Bonchev–Trinajstić information content (AvgIpc) is 3.35. The number of pyridine rings is 1. The number of nitrogens with zero attached hydrogens (tertiary/aromatic N) is 4. The van der Waals surface area contributed by atoms with Gasteiger partial charge in [-0.05, 0) is 47.9 Å². The molecule has 1 aliphatic heterocycles. The number of aliphatic imine (C=N–C) groups is 1. The van der Waals surface area contributed by atoms with Crippen molar-refractivity contribution in [1.29, 1.82) is 0 Å². The van der Waals surface area contributed by atoms with Crippen LogP contribution < -0.4 is 0 Å². The minimum Gasteiger partial charge on any atom is -0.294 e. The van der Waals surface area contributed by atoms with Gasteiger partial charge in [0.25, 0.3) is 0 Å². The van der Waals surface area contributed by atoms with Crippen molar-refractivity contribution in [2.24, 2.45) is 4.99 Å². The maximum absolute atomic E-state index is 13.1. The lowest BCUT2D eigenvalue weighted by atomic mass is 9.94. The van der Waals surface area contributed by atoms with E-state index < -0.39 is 11.7 Å². The minimum absolute atomic E-state index is 0.00416. The van der Waals surface area contributed by atoms with Gasteiger partial charge in [-0.15, -0.1) is 0 Å². The maximum atomic E-state index is 13.1. The van der Waals surface area contributed by atoms with Gasteiger partial charge in [-0.2, -0.15) is 13.2 Å². The Labute approximate surface area is 205 Å². The molecule has 36 heavy (non-hydrogen) atoms. The number of benzene rings is 2. The Bertz CT molecular complexity index is 1490. The van der Waals surface area contributed by atoms with Crippen molar-refractivity contribution < 1.29 is 18.0 Å². The number of carbonyl (C=O) groups excluding carboxylic acids is 1. The van der Waals surface area contributed by atoms with Gasteiger partial charge in [0, 0.05) is 42.8 Å². The molecular weight excluding hydrogens is 465 g/mol. The van der Waals surface area contributed by atoms with Gasteiger partial charge in [0.1, 0.15) is 17.7 Å². The molecule has 0 spiro atoms. The average molecular weight is 486 g/mol. The molecule has 4 aromatic rings. The lowest BCUT2D eigenvalue weighted by molar-refractivity contribution is -0.137. The quantitative estimate of drug-likeness (QED) is 0.307. The first-order chi connectivity index (χ1) is 17.3. The molecule has 0 fully saturated rings. The first-order valence-corrected chi connectivity index (χ1v) is 11.4. The van der Waals surface area contributed by atoms with Crippen molar-refractivity contribution in [2.45, 2.75) is 32.4 Å². The summed E-state index contributed by atoms with van der Waals surface area (Å²) in [7, 11) is 0. The van der Waals surface area contributed by atoms with Gasteiger partial charge in [-0.3, -0.25) is 14.8 Å². The van der Waals surface area contributed by atoms with Crippen LogP contribution >= 0.6 is 0 Å². The van der Waals surface area contributed by atoms with Gasteiger partial charge in [0.15, 0.2) is 5.78 Å². The van der Waals surface area contributed by atoms with E-state index in [4.69, 9.17) is 0 Å². The summed E-state index contributed by atoms with van der Waals surface area (Å²) in [4.78, 5) is 30.6. The summed E-state index contributed by atoms with van der Waals surface area (Å²) in [6.45, 7) is 1.88. The highest BCUT2D eigenvalue weighted by atomic mass is 19.4. The number of alkyl halides is 3. The van der Waals surface area contributed by atoms with Crippen LogP contribution in [0.2, 0.25) is 0 Å². The SMILES string of the molecule is Cc1ccc(Cc2ncccc2-c2ncnc3c2N=CC3)cc1CC(=O)c1cccc(C(F)(F)F)c1. The largest absolute Gasteiger partial charge is 0.416 e. The zero-order valence-corrected chi connectivity index (χ0v) is 19.4. The van der Waals surface area contributed by atoms with Crippen LogP contribution in [0.4, 0.5) is 18.9 Å². The summed E-state index contributed by atoms with van der Waals surface area (Å²) in [5.41, 5.74) is 5.82. The van der Waals surface area contributed by atoms with Crippen LogP contribution in [0, 0.1) is 6.92 Å². The molecule has 0 atom stereocenters. The van der Waals surface area contributed by atoms with Crippen LogP contribution in [0.15, 0.2) is 72.1 Å². The molecule has 0 aliphatic carbocycles. The third-order valence-corrected chi connectivity index (χ3v) is 6.20. The van der Waals surface area contributed by atoms with E-state index in [1.165, 1.54) is 18.5 Å². The molecule has 0 saturated carbocycles. The van der Waals surface area contributed by atoms with Gasteiger partial charge >= 0.3 is 6.18 Å². The normalized spacial score (nSPS) is 12.6. The van der Waals surface area contributed by atoms with Crippen LogP contribution in [0.3, 0.4) is 0 Å². The van der Waals surface area contributed by atoms with E-state index in [0.717, 1.165) is 57.2 Å². The van der Waals surface area contributed by atoms with E-state index in [2.05, 4.69) is 19.9 Å². The topological polar surface area (TPSA) is 68.1 Å². The molecule has 2 aromatic heterocycles. The number of carbonyl (C=O) groups is 1. The van der Waals surface area contributed by atoms with Crippen molar-refractivity contribution >= 4 is 17.7 Å². The van der Waals surface area contributed by atoms with Crippen molar-refractivity contribution in [3.05, 3.63) is 106 Å². The van der Waals surface area contributed by atoms with Gasteiger partial charge in [-0.25, -0.2) is 9.97 Å². The second kappa shape index (κ2) is 9.45. The Kier molecular flexibility index (Phi) is 6.18. The molecule has 1 aliphatic rings. The highest BCUT2D eigenvalue weighted by Crippen LogP contribution is 2.35. The molecule has 0 radical (unpaired) electrons. The second-order valence-corrected chi connectivity index (χ2v) is 8.65.